The first-order valence-corrected chi connectivity index (χ1v) is 9.34. The highest BCUT2D eigenvalue weighted by Gasteiger charge is 2.45. The normalized spacial score (nSPS) is 23.7. The zero-order valence-electron chi connectivity index (χ0n) is 15.5. The molecule has 0 aliphatic carbocycles. The highest BCUT2D eigenvalue weighted by atomic mass is 16.5. The lowest BCUT2D eigenvalue weighted by atomic mass is 9.78. The first-order valence-electron chi connectivity index (χ1n) is 9.34. The molecule has 2 unspecified atom stereocenters. The van der Waals surface area contributed by atoms with Crippen LogP contribution in [-0.4, -0.2) is 53.7 Å². The van der Waals surface area contributed by atoms with Crippen LogP contribution in [0.15, 0.2) is 24.3 Å². The van der Waals surface area contributed by atoms with Gasteiger partial charge in [-0.3, -0.25) is 9.69 Å². The summed E-state index contributed by atoms with van der Waals surface area (Å²) in [5, 5.41) is 11.9. The van der Waals surface area contributed by atoms with Crippen LogP contribution in [-0.2, 0) is 16.1 Å². The van der Waals surface area contributed by atoms with Crippen molar-refractivity contribution < 1.29 is 19.4 Å². The second-order valence-corrected chi connectivity index (χ2v) is 7.73. The summed E-state index contributed by atoms with van der Waals surface area (Å²) < 4.78 is 5.51. The molecule has 1 amide bonds. The number of carbonyl (C=O) groups excluding carboxylic acids is 1. The maximum Gasteiger partial charge on any atom is 0.335 e. The standard InChI is InChI=1S/C20H28N2O4/c1-14-11-20(7-9-26-10-8-20)13-22(14)15(2)18(23)21-12-16-3-5-17(6-4-16)19(24)25/h3-6,14-15H,7-13H2,1-2H3,(H,21,23)(H,24,25). The number of carbonyl (C=O) groups is 2. The Balaban J connectivity index is 1.55. The molecule has 2 aliphatic heterocycles. The summed E-state index contributed by atoms with van der Waals surface area (Å²) in [6.07, 6.45) is 3.29. The maximum absolute atomic E-state index is 12.6. The monoisotopic (exact) mass is 360 g/mol. The van der Waals surface area contributed by atoms with Crippen molar-refractivity contribution >= 4 is 11.9 Å². The Morgan fingerprint density at radius 2 is 1.96 bits per heavy atom. The number of nitrogens with one attached hydrogen (secondary N) is 1. The zero-order chi connectivity index (χ0) is 18.7. The SMILES string of the molecule is CC1CC2(CCOCC2)CN1C(C)C(=O)NCc1ccc(C(=O)O)cc1. The first kappa shape index (κ1) is 18.9. The highest BCUT2D eigenvalue weighted by Crippen LogP contribution is 2.43. The molecule has 1 spiro atoms. The lowest BCUT2D eigenvalue weighted by Crippen LogP contribution is -2.47. The van der Waals surface area contributed by atoms with E-state index in [2.05, 4.69) is 17.1 Å². The van der Waals surface area contributed by atoms with Crippen LogP contribution in [0.25, 0.3) is 0 Å². The predicted molar refractivity (Wildman–Crippen MR) is 98.0 cm³/mol. The molecule has 2 atom stereocenters. The number of aromatic carboxylic acids is 1. The minimum absolute atomic E-state index is 0.0169. The molecule has 2 saturated heterocycles. The molecule has 1 aromatic carbocycles. The fourth-order valence-electron chi connectivity index (χ4n) is 4.29. The summed E-state index contributed by atoms with van der Waals surface area (Å²) in [4.78, 5) is 25.8. The van der Waals surface area contributed by atoms with Crippen molar-refractivity contribution in [3.05, 3.63) is 35.4 Å². The summed E-state index contributed by atoms with van der Waals surface area (Å²) in [6, 6.07) is 6.82. The Morgan fingerprint density at radius 1 is 1.31 bits per heavy atom. The van der Waals surface area contributed by atoms with Gasteiger partial charge in [0.25, 0.3) is 0 Å². The quantitative estimate of drug-likeness (QED) is 0.842. The van der Waals surface area contributed by atoms with Gasteiger partial charge in [-0.25, -0.2) is 4.79 Å². The lowest BCUT2D eigenvalue weighted by molar-refractivity contribution is -0.126. The minimum atomic E-state index is -0.945. The third-order valence-corrected chi connectivity index (χ3v) is 5.91. The molecular formula is C20H28N2O4. The molecule has 0 radical (unpaired) electrons. The molecule has 2 aliphatic rings. The summed E-state index contributed by atoms with van der Waals surface area (Å²) in [5.41, 5.74) is 1.45. The third-order valence-electron chi connectivity index (χ3n) is 5.91. The van der Waals surface area contributed by atoms with Crippen molar-refractivity contribution in [1.29, 1.82) is 0 Å². The summed E-state index contributed by atoms with van der Waals surface area (Å²) >= 11 is 0. The fraction of sp³-hybridized carbons (Fsp3) is 0.600. The Morgan fingerprint density at radius 3 is 2.58 bits per heavy atom. The highest BCUT2D eigenvalue weighted by molar-refractivity contribution is 5.87. The van der Waals surface area contributed by atoms with Crippen LogP contribution in [0.4, 0.5) is 0 Å². The van der Waals surface area contributed by atoms with Crippen LogP contribution in [0, 0.1) is 5.41 Å². The van der Waals surface area contributed by atoms with Crippen LogP contribution in [0.5, 0.6) is 0 Å². The molecular weight excluding hydrogens is 332 g/mol. The number of carboxylic acids is 1. The number of benzene rings is 1. The number of nitrogens with zero attached hydrogens (tertiary/aromatic N) is 1. The molecule has 26 heavy (non-hydrogen) atoms. The molecule has 6 heteroatoms. The van der Waals surface area contributed by atoms with E-state index in [-0.39, 0.29) is 17.5 Å². The van der Waals surface area contributed by atoms with Crippen molar-refractivity contribution in [3.63, 3.8) is 0 Å². The molecule has 2 N–H and O–H groups in total. The van der Waals surface area contributed by atoms with E-state index in [0.29, 0.717) is 18.0 Å². The molecule has 6 nitrogen and oxygen atoms in total. The number of rotatable bonds is 5. The molecule has 1 aromatic rings. The number of ether oxygens (including phenoxy) is 1. The van der Waals surface area contributed by atoms with Gasteiger partial charge < -0.3 is 15.2 Å². The van der Waals surface area contributed by atoms with E-state index in [0.717, 1.165) is 44.6 Å². The van der Waals surface area contributed by atoms with Crippen LogP contribution < -0.4 is 5.32 Å². The minimum Gasteiger partial charge on any atom is -0.478 e. The summed E-state index contributed by atoms with van der Waals surface area (Å²) in [5.74, 6) is -0.928. The fourth-order valence-corrected chi connectivity index (χ4v) is 4.29. The number of hydrogen-bond donors (Lipinski definition) is 2. The van der Waals surface area contributed by atoms with Gasteiger partial charge in [0.1, 0.15) is 0 Å². The molecule has 0 bridgehead atoms. The number of amides is 1. The van der Waals surface area contributed by atoms with Gasteiger partial charge in [-0.1, -0.05) is 12.1 Å². The van der Waals surface area contributed by atoms with E-state index in [4.69, 9.17) is 9.84 Å². The first-order chi connectivity index (χ1) is 12.4. The second-order valence-electron chi connectivity index (χ2n) is 7.73. The Bertz CT molecular complexity index is 652. The van der Waals surface area contributed by atoms with Crippen LogP contribution in [0.2, 0.25) is 0 Å². The van der Waals surface area contributed by atoms with Gasteiger partial charge in [0.15, 0.2) is 0 Å². The molecule has 3 rings (SSSR count). The van der Waals surface area contributed by atoms with Gasteiger partial charge in [0.05, 0.1) is 11.6 Å². The predicted octanol–water partition coefficient (Wildman–Crippen LogP) is 2.28. The van der Waals surface area contributed by atoms with Gasteiger partial charge >= 0.3 is 5.97 Å². The van der Waals surface area contributed by atoms with E-state index < -0.39 is 5.97 Å². The average Bonchev–Trinajstić information content (AvgIpc) is 2.95. The van der Waals surface area contributed by atoms with E-state index in [1.54, 1.807) is 24.3 Å². The lowest BCUT2D eigenvalue weighted by Gasteiger charge is -2.34. The zero-order valence-corrected chi connectivity index (χ0v) is 15.5. The maximum atomic E-state index is 12.6. The van der Waals surface area contributed by atoms with Crippen molar-refractivity contribution in [2.24, 2.45) is 5.41 Å². The number of carboxylic acid groups (broad SMARTS) is 1. The molecule has 0 saturated carbocycles. The largest absolute Gasteiger partial charge is 0.478 e. The Hall–Kier alpha value is -1.92. The van der Waals surface area contributed by atoms with Gasteiger partial charge in [0.2, 0.25) is 5.91 Å². The molecule has 2 heterocycles. The Kier molecular flexibility index (Phi) is 5.63. The van der Waals surface area contributed by atoms with E-state index in [9.17, 15) is 9.59 Å². The van der Waals surface area contributed by atoms with Crippen LogP contribution >= 0.6 is 0 Å². The van der Waals surface area contributed by atoms with Crippen molar-refractivity contribution in [2.45, 2.75) is 51.7 Å². The molecule has 2 fully saturated rings. The van der Waals surface area contributed by atoms with Gasteiger partial charge in [-0.15, -0.1) is 0 Å². The van der Waals surface area contributed by atoms with Gasteiger partial charge in [0, 0.05) is 32.3 Å². The van der Waals surface area contributed by atoms with Crippen molar-refractivity contribution in [2.75, 3.05) is 19.8 Å². The second kappa shape index (κ2) is 7.76. The third kappa shape index (κ3) is 4.07. The average molecular weight is 360 g/mol. The summed E-state index contributed by atoms with van der Waals surface area (Å²) in [7, 11) is 0. The van der Waals surface area contributed by atoms with Crippen LogP contribution in [0.3, 0.4) is 0 Å². The van der Waals surface area contributed by atoms with Gasteiger partial charge in [-0.2, -0.15) is 0 Å². The molecule has 142 valence electrons. The van der Waals surface area contributed by atoms with Crippen molar-refractivity contribution in [1.82, 2.24) is 10.2 Å². The number of hydrogen-bond acceptors (Lipinski definition) is 4. The molecule has 0 aromatic heterocycles. The van der Waals surface area contributed by atoms with E-state index in [1.165, 1.54) is 0 Å². The smallest absolute Gasteiger partial charge is 0.335 e. The van der Waals surface area contributed by atoms with E-state index in [1.807, 2.05) is 6.92 Å². The number of likely N-dealkylation sites (tertiary alicyclic amines) is 1. The van der Waals surface area contributed by atoms with E-state index >= 15 is 0 Å². The Labute approximate surface area is 154 Å². The van der Waals surface area contributed by atoms with Crippen molar-refractivity contribution in [3.8, 4) is 0 Å². The van der Waals surface area contributed by atoms with Gasteiger partial charge in [-0.05, 0) is 56.2 Å². The topological polar surface area (TPSA) is 78.9 Å². The summed E-state index contributed by atoms with van der Waals surface area (Å²) in [6.45, 7) is 7.20. The van der Waals surface area contributed by atoms with Crippen LogP contribution in [0.1, 0.15) is 49.0 Å².